The molecule has 0 spiro atoms. The Kier molecular flexibility index (Phi) is 4.57. The van der Waals surface area contributed by atoms with Gasteiger partial charge >= 0.3 is 0 Å². The van der Waals surface area contributed by atoms with Gasteiger partial charge in [-0.3, -0.25) is 4.79 Å². The van der Waals surface area contributed by atoms with Gasteiger partial charge in [0.1, 0.15) is 5.75 Å². The molecule has 1 amide bonds. The van der Waals surface area contributed by atoms with E-state index in [1.54, 1.807) is 18.3 Å². The van der Waals surface area contributed by atoms with Crippen LogP contribution in [0.15, 0.2) is 53.8 Å². The van der Waals surface area contributed by atoms with E-state index in [4.69, 9.17) is 0 Å². The second kappa shape index (κ2) is 6.81. The van der Waals surface area contributed by atoms with Crippen molar-refractivity contribution < 1.29 is 9.90 Å². The maximum atomic E-state index is 12.3. The third-order valence-corrected chi connectivity index (χ3v) is 4.12. The normalized spacial score (nSPS) is 11.5. The van der Waals surface area contributed by atoms with Gasteiger partial charge in [-0.15, -0.1) is 0 Å². The van der Waals surface area contributed by atoms with Crippen molar-refractivity contribution in [1.82, 2.24) is 9.99 Å². The third-order valence-electron chi connectivity index (χ3n) is 4.12. The molecule has 0 unspecified atom stereocenters. The smallest absolute Gasteiger partial charge is 0.275 e. The maximum Gasteiger partial charge on any atom is 0.275 e. The van der Waals surface area contributed by atoms with Crippen LogP contribution in [0.25, 0.3) is 10.8 Å². The van der Waals surface area contributed by atoms with Gasteiger partial charge in [0.15, 0.2) is 0 Å². The minimum Gasteiger partial charge on any atom is -0.507 e. The number of phenolic OH excluding ortho intramolecular Hbond substituents is 1. The summed E-state index contributed by atoms with van der Waals surface area (Å²) in [7, 11) is 0. The van der Waals surface area contributed by atoms with Crippen LogP contribution in [-0.4, -0.2) is 21.8 Å². The lowest BCUT2D eigenvalue weighted by Crippen LogP contribution is -2.17. The van der Waals surface area contributed by atoms with E-state index in [1.165, 1.54) is 0 Å². The fourth-order valence-electron chi connectivity index (χ4n) is 2.88. The first-order valence-electron chi connectivity index (χ1n) is 8.19. The lowest BCUT2D eigenvalue weighted by molar-refractivity contribution is 0.0952. The molecule has 3 aromatic rings. The second-order valence-corrected chi connectivity index (χ2v) is 6.33. The van der Waals surface area contributed by atoms with Gasteiger partial charge in [-0.25, -0.2) is 5.43 Å². The number of aryl methyl sites for hydroxylation is 1. The topological polar surface area (TPSA) is 66.6 Å². The Balaban J connectivity index is 1.76. The number of carbonyl (C=O) groups excluding carboxylic acids is 1. The van der Waals surface area contributed by atoms with Crippen molar-refractivity contribution in [3.63, 3.8) is 0 Å². The summed E-state index contributed by atoms with van der Waals surface area (Å²) in [6, 6.07) is 13.2. The predicted octanol–water partition coefficient (Wildman–Crippen LogP) is 4.00. The molecule has 0 fully saturated rings. The highest BCUT2D eigenvalue weighted by molar-refractivity contribution is 6.01. The number of nitrogens with one attached hydrogen (secondary N) is 1. The molecule has 0 aliphatic heterocycles. The number of nitrogens with zero attached hydrogens (tertiary/aromatic N) is 2. The third kappa shape index (κ3) is 3.55. The molecule has 0 saturated carbocycles. The van der Waals surface area contributed by atoms with E-state index in [2.05, 4.69) is 28.9 Å². The zero-order chi connectivity index (χ0) is 18.0. The summed E-state index contributed by atoms with van der Waals surface area (Å²) in [6.07, 6.45) is 3.59. The molecular weight excluding hydrogens is 314 g/mol. The van der Waals surface area contributed by atoms with E-state index < -0.39 is 5.91 Å². The number of fused-ring (bicyclic) bond motifs is 1. The first-order valence-corrected chi connectivity index (χ1v) is 8.19. The van der Waals surface area contributed by atoms with Crippen molar-refractivity contribution in [3.8, 4) is 5.75 Å². The van der Waals surface area contributed by atoms with Gasteiger partial charge in [-0.1, -0.05) is 24.3 Å². The van der Waals surface area contributed by atoms with Crippen molar-refractivity contribution in [2.45, 2.75) is 26.8 Å². The van der Waals surface area contributed by atoms with E-state index in [0.717, 1.165) is 22.0 Å². The monoisotopic (exact) mass is 335 g/mol. The molecule has 0 atom stereocenters. The van der Waals surface area contributed by atoms with Gasteiger partial charge < -0.3 is 9.67 Å². The van der Waals surface area contributed by atoms with Crippen LogP contribution in [0.2, 0.25) is 0 Å². The lowest BCUT2D eigenvalue weighted by Gasteiger charge is -2.08. The molecule has 0 aliphatic rings. The average molecular weight is 335 g/mol. The first-order chi connectivity index (χ1) is 12.0. The second-order valence-electron chi connectivity index (χ2n) is 6.33. The van der Waals surface area contributed by atoms with Gasteiger partial charge in [0.05, 0.1) is 11.8 Å². The number of hydrogen-bond acceptors (Lipinski definition) is 3. The molecule has 3 rings (SSSR count). The molecule has 128 valence electrons. The van der Waals surface area contributed by atoms with Crippen LogP contribution in [0.4, 0.5) is 0 Å². The zero-order valence-corrected chi connectivity index (χ0v) is 14.5. The minimum atomic E-state index is -0.445. The number of carbonyl (C=O) groups is 1. The maximum absolute atomic E-state index is 12.3. The SMILES string of the molecule is Cc1cc(/C=N\NC(=O)c2cc3ccccc3cc2O)cn1C(C)C. The van der Waals surface area contributed by atoms with Crippen LogP contribution in [0.5, 0.6) is 5.75 Å². The molecule has 0 bridgehead atoms. The van der Waals surface area contributed by atoms with Crippen LogP contribution in [0, 0.1) is 6.92 Å². The molecule has 5 heteroatoms. The molecule has 0 aliphatic carbocycles. The Morgan fingerprint density at radius 1 is 1.20 bits per heavy atom. The average Bonchev–Trinajstić information content (AvgIpc) is 2.95. The van der Waals surface area contributed by atoms with Crippen LogP contribution >= 0.6 is 0 Å². The van der Waals surface area contributed by atoms with Crippen LogP contribution in [0.1, 0.15) is 41.5 Å². The molecule has 1 heterocycles. The predicted molar refractivity (Wildman–Crippen MR) is 100 cm³/mol. The fraction of sp³-hybridized carbons (Fsp3) is 0.200. The van der Waals surface area contributed by atoms with Crippen LogP contribution in [0.3, 0.4) is 0 Å². The summed E-state index contributed by atoms with van der Waals surface area (Å²) < 4.78 is 2.14. The van der Waals surface area contributed by atoms with Crippen molar-refractivity contribution in [1.29, 1.82) is 0 Å². The van der Waals surface area contributed by atoms with Crippen LogP contribution in [-0.2, 0) is 0 Å². The molecule has 0 radical (unpaired) electrons. The number of amides is 1. The summed E-state index contributed by atoms with van der Waals surface area (Å²) in [5, 5.41) is 15.9. The molecule has 25 heavy (non-hydrogen) atoms. The number of phenols is 1. The lowest BCUT2D eigenvalue weighted by atomic mass is 10.1. The number of hydrogen-bond donors (Lipinski definition) is 2. The van der Waals surface area contributed by atoms with E-state index >= 15 is 0 Å². The summed E-state index contributed by atoms with van der Waals surface area (Å²) in [5.41, 5.74) is 4.72. The van der Waals surface area contributed by atoms with Gasteiger partial charge in [-0.2, -0.15) is 5.10 Å². The molecule has 2 N–H and O–H groups in total. The zero-order valence-electron chi connectivity index (χ0n) is 14.5. The highest BCUT2D eigenvalue weighted by Gasteiger charge is 2.11. The Labute approximate surface area is 146 Å². The van der Waals surface area contributed by atoms with Gasteiger partial charge in [0.2, 0.25) is 0 Å². The quantitative estimate of drug-likeness (QED) is 0.559. The summed E-state index contributed by atoms with van der Waals surface area (Å²) in [4.78, 5) is 12.3. The Hall–Kier alpha value is -3.08. The number of aromatic nitrogens is 1. The van der Waals surface area contributed by atoms with E-state index in [1.807, 2.05) is 43.5 Å². The van der Waals surface area contributed by atoms with E-state index in [-0.39, 0.29) is 11.3 Å². The van der Waals surface area contributed by atoms with E-state index in [0.29, 0.717) is 6.04 Å². The Morgan fingerprint density at radius 3 is 2.52 bits per heavy atom. The highest BCUT2D eigenvalue weighted by Crippen LogP contribution is 2.24. The summed E-state index contributed by atoms with van der Waals surface area (Å²) in [5.74, 6) is -0.507. The summed E-state index contributed by atoms with van der Waals surface area (Å²) >= 11 is 0. The van der Waals surface area contributed by atoms with Gasteiger partial charge in [-0.05, 0) is 49.7 Å². The van der Waals surface area contributed by atoms with E-state index in [9.17, 15) is 9.90 Å². The van der Waals surface area contributed by atoms with Crippen molar-refractivity contribution in [2.24, 2.45) is 5.10 Å². The first kappa shape index (κ1) is 16.8. The van der Waals surface area contributed by atoms with Crippen molar-refractivity contribution >= 4 is 22.9 Å². The molecule has 2 aromatic carbocycles. The van der Waals surface area contributed by atoms with Gasteiger partial charge in [0, 0.05) is 23.5 Å². The number of benzene rings is 2. The highest BCUT2D eigenvalue weighted by atomic mass is 16.3. The van der Waals surface area contributed by atoms with Gasteiger partial charge in [0.25, 0.3) is 5.91 Å². The Bertz CT molecular complexity index is 955. The standard InChI is InChI=1S/C20H21N3O2/c1-13(2)23-12-15(8-14(23)3)11-21-22-20(25)18-9-16-6-4-5-7-17(16)10-19(18)24/h4-13,24H,1-3H3,(H,22,25)/b21-11-. The van der Waals surface area contributed by atoms with Crippen molar-refractivity contribution in [2.75, 3.05) is 0 Å². The summed E-state index contributed by atoms with van der Waals surface area (Å²) in [6.45, 7) is 6.25. The largest absolute Gasteiger partial charge is 0.507 e. The molecular formula is C20H21N3O2. The van der Waals surface area contributed by atoms with Crippen LogP contribution < -0.4 is 5.43 Å². The fourth-order valence-corrected chi connectivity index (χ4v) is 2.88. The number of aromatic hydroxyl groups is 1. The Morgan fingerprint density at radius 2 is 1.88 bits per heavy atom. The number of rotatable bonds is 4. The molecule has 0 saturated heterocycles. The number of hydrazone groups is 1. The molecule has 1 aromatic heterocycles. The minimum absolute atomic E-state index is 0.0618. The van der Waals surface area contributed by atoms with Crippen molar-refractivity contribution in [3.05, 3.63) is 65.5 Å². The molecule has 5 nitrogen and oxygen atoms in total.